The molecule has 3 unspecified atom stereocenters. The van der Waals surface area contributed by atoms with Crippen LogP contribution in [0.15, 0.2) is 0 Å². The van der Waals surface area contributed by atoms with Gasteiger partial charge < -0.3 is 10.1 Å². The number of alkyl halides is 1. The van der Waals surface area contributed by atoms with Gasteiger partial charge >= 0.3 is 0 Å². The van der Waals surface area contributed by atoms with Crippen LogP contribution in [0.1, 0.15) is 51.4 Å². The van der Waals surface area contributed by atoms with E-state index in [-0.39, 0.29) is 17.6 Å². The Labute approximate surface area is 103 Å². The SMILES string of the molecule is FC(C1CCOC2(CCCC2)C1)C1CCCN1. The fourth-order valence-electron chi connectivity index (χ4n) is 4.02. The minimum Gasteiger partial charge on any atom is -0.375 e. The van der Waals surface area contributed by atoms with Crippen LogP contribution in [0.4, 0.5) is 4.39 Å². The summed E-state index contributed by atoms with van der Waals surface area (Å²) in [6.07, 6.45) is 8.25. The van der Waals surface area contributed by atoms with E-state index in [0.29, 0.717) is 0 Å². The molecule has 2 nitrogen and oxygen atoms in total. The second kappa shape index (κ2) is 4.85. The molecule has 3 fully saturated rings. The molecular weight excluding hydrogens is 217 g/mol. The quantitative estimate of drug-likeness (QED) is 0.802. The Morgan fingerprint density at radius 3 is 2.71 bits per heavy atom. The smallest absolute Gasteiger partial charge is 0.118 e. The van der Waals surface area contributed by atoms with E-state index in [9.17, 15) is 4.39 Å². The van der Waals surface area contributed by atoms with Crippen LogP contribution in [0.25, 0.3) is 0 Å². The molecule has 0 amide bonds. The first-order valence-electron chi connectivity index (χ1n) is 7.31. The Hall–Kier alpha value is -0.150. The normalized spacial score (nSPS) is 38.6. The van der Waals surface area contributed by atoms with Crippen molar-refractivity contribution < 1.29 is 9.13 Å². The summed E-state index contributed by atoms with van der Waals surface area (Å²) >= 11 is 0. The highest BCUT2D eigenvalue weighted by molar-refractivity contribution is 4.96. The van der Waals surface area contributed by atoms with E-state index in [1.165, 1.54) is 12.8 Å². The molecular formula is C14H24FNO. The van der Waals surface area contributed by atoms with Gasteiger partial charge in [-0.25, -0.2) is 4.39 Å². The highest BCUT2D eigenvalue weighted by Crippen LogP contribution is 2.44. The summed E-state index contributed by atoms with van der Waals surface area (Å²) in [4.78, 5) is 0. The summed E-state index contributed by atoms with van der Waals surface area (Å²) in [5.41, 5.74) is 0.0614. The van der Waals surface area contributed by atoms with Crippen molar-refractivity contribution >= 4 is 0 Å². The molecule has 2 aliphatic heterocycles. The number of nitrogens with one attached hydrogen (secondary N) is 1. The van der Waals surface area contributed by atoms with Crippen molar-refractivity contribution in [2.24, 2.45) is 5.92 Å². The van der Waals surface area contributed by atoms with E-state index in [0.717, 1.165) is 51.7 Å². The number of ether oxygens (including phenoxy) is 1. The Morgan fingerprint density at radius 1 is 1.18 bits per heavy atom. The largest absolute Gasteiger partial charge is 0.375 e. The highest BCUT2D eigenvalue weighted by atomic mass is 19.1. The van der Waals surface area contributed by atoms with Crippen LogP contribution < -0.4 is 5.32 Å². The zero-order valence-corrected chi connectivity index (χ0v) is 10.6. The summed E-state index contributed by atoms with van der Waals surface area (Å²) in [5, 5.41) is 3.32. The van der Waals surface area contributed by atoms with Gasteiger partial charge in [0.2, 0.25) is 0 Å². The second-order valence-corrected chi connectivity index (χ2v) is 6.14. The maximum Gasteiger partial charge on any atom is 0.118 e. The van der Waals surface area contributed by atoms with Crippen LogP contribution in [-0.4, -0.2) is 31.0 Å². The van der Waals surface area contributed by atoms with Crippen LogP contribution in [0.2, 0.25) is 0 Å². The third kappa shape index (κ3) is 2.37. The van der Waals surface area contributed by atoms with Crippen LogP contribution in [-0.2, 0) is 4.74 Å². The average molecular weight is 241 g/mol. The molecule has 3 aliphatic rings. The van der Waals surface area contributed by atoms with Crippen LogP contribution >= 0.6 is 0 Å². The Kier molecular flexibility index (Phi) is 3.40. The molecule has 0 aromatic rings. The van der Waals surface area contributed by atoms with Crippen molar-refractivity contribution in [2.75, 3.05) is 13.2 Å². The topological polar surface area (TPSA) is 21.3 Å². The third-order valence-electron chi connectivity index (χ3n) is 4.98. The van der Waals surface area contributed by atoms with E-state index < -0.39 is 6.17 Å². The molecule has 98 valence electrons. The molecule has 3 atom stereocenters. The first-order valence-corrected chi connectivity index (χ1v) is 7.31. The molecule has 3 rings (SSSR count). The van der Waals surface area contributed by atoms with Gasteiger partial charge in [-0.2, -0.15) is 0 Å². The number of halogens is 1. The standard InChI is InChI=1S/C14H24FNO/c15-13(12-4-3-8-16-12)11-5-9-17-14(10-11)6-1-2-7-14/h11-13,16H,1-10H2. The zero-order chi connectivity index (χ0) is 11.7. The molecule has 0 radical (unpaired) electrons. The molecule has 0 bridgehead atoms. The molecule has 1 saturated carbocycles. The molecule has 0 aromatic heterocycles. The first kappa shape index (κ1) is 11.9. The van der Waals surface area contributed by atoms with Gasteiger partial charge in [-0.3, -0.25) is 0 Å². The van der Waals surface area contributed by atoms with Crippen molar-refractivity contribution in [2.45, 2.75) is 69.2 Å². The van der Waals surface area contributed by atoms with E-state index in [4.69, 9.17) is 4.74 Å². The first-order chi connectivity index (χ1) is 8.29. The molecule has 17 heavy (non-hydrogen) atoms. The van der Waals surface area contributed by atoms with Gasteiger partial charge in [-0.1, -0.05) is 12.8 Å². The molecule has 2 heterocycles. The molecule has 3 heteroatoms. The zero-order valence-electron chi connectivity index (χ0n) is 10.6. The van der Waals surface area contributed by atoms with Gasteiger partial charge in [0.25, 0.3) is 0 Å². The maximum absolute atomic E-state index is 14.5. The van der Waals surface area contributed by atoms with Crippen LogP contribution in [0, 0.1) is 5.92 Å². The van der Waals surface area contributed by atoms with Crippen molar-refractivity contribution in [3.63, 3.8) is 0 Å². The minimum atomic E-state index is -0.654. The lowest BCUT2D eigenvalue weighted by molar-refractivity contribution is -0.106. The Morgan fingerprint density at radius 2 is 2.00 bits per heavy atom. The Balaban J connectivity index is 1.62. The predicted molar refractivity (Wildman–Crippen MR) is 65.8 cm³/mol. The van der Waals surface area contributed by atoms with Gasteiger partial charge in [0.1, 0.15) is 6.17 Å². The summed E-state index contributed by atoms with van der Waals surface area (Å²) in [6.45, 7) is 1.78. The van der Waals surface area contributed by atoms with Gasteiger partial charge in [0, 0.05) is 12.6 Å². The van der Waals surface area contributed by atoms with Gasteiger partial charge in [0.05, 0.1) is 5.60 Å². The summed E-state index contributed by atoms with van der Waals surface area (Å²) in [7, 11) is 0. The molecule has 0 aromatic carbocycles. The van der Waals surface area contributed by atoms with Crippen molar-refractivity contribution in [3.8, 4) is 0 Å². The molecule has 1 aliphatic carbocycles. The summed E-state index contributed by atoms with van der Waals surface area (Å²) in [6, 6.07) is 0.122. The van der Waals surface area contributed by atoms with E-state index in [2.05, 4.69) is 5.32 Å². The Bertz CT molecular complexity index is 259. The lowest BCUT2D eigenvalue weighted by atomic mass is 9.80. The van der Waals surface area contributed by atoms with E-state index in [1.807, 2.05) is 0 Å². The van der Waals surface area contributed by atoms with E-state index in [1.54, 1.807) is 0 Å². The molecule has 1 spiro atoms. The van der Waals surface area contributed by atoms with Gasteiger partial charge in [-0.15, -0.1) is 0 Å². The van der Waals surface area contributed by atoms with E-state index >= 15 is 0 Å². The number of hydrogen-bond acceptors (Lipinski definition) is 2. The lowest BCUT2D eigenvalue weighted by Gasteiger charge is -2.40. The predicted octanol–water partition coefficient (Wildman–Crippen LogP) is 2.82. The van der Waals surface area contributed by atoms with Crippen molar-refractivity contribution in [1.82, 2.24) is 5.32 Å². The fourth-order valence-corrected chi connectivity index (χ4v) is 4.02. The minimum absolute atomic E-state index is 0.0614. The highest BCUT2D eigenvalue weighted by Gasteiger charge is 2.43. The van der Waals surface area contributed by atoms with Crippen molar-refractivity contribution in [1.29, 1.82) is 0 Å². The average Bonchev–Trinajstić information content (AvgIpc) is 3.00. The summed E-state index contributed by atoms with van der Waals surface area (Å²) < 4.78 is 20.5. The van der Waals surface area contributed by atoms with Crippen molar-refractivity contribution in [3.05, 3.63) is 0 Å². The monoisotopic (exact) mass is 241 g/mol. The van der Waals surface area contributed by atoms with Crippen LogP contribution in [0.5, 0.6) is 0 Å². The van der Waals surface area contributed by atoms with Gasteiger partial charge in [-0.05, 0) is 51.0 Å². The number of rotatable bonds is 2. The number of hydrogen-bond donors (Lipinski definition) is 1. The second-order valence-electron chi connectivity index (χ2n) is 6.14. The van der Waals surface area contributed by atoms with Crippen LogP contribution in [0.3, 0.4) is 0 Å². The molecule has 1 N–H and O–H groups in total. The summed E-state index contributed by atoms with van der Waals surface area (Å²) in [5.74, 6) is 0.234. The van der Waals surface area contributed by atoms with Gasteiger partial charge in [0.15, 0.2) is 0 Å². The third-order valence-corrected chi connectivity index (χ3v) is 4.98. The fraction of sp³-hybridized carbons (Fsp3) is 1.00. The molecule has 2 saturated heterocycles. The maximum atomic E-state index is 14.5. The lowest BCUT2D eigenvalue weighted by Crippen LogP contribution is -2.45.